The zero-order chi connectivity index (χ0) is 7.61. The number of carbonyl (C=O) groups is 1. The average Bonchev–Trinajstić information content (AvgIpc) is 2.15. The van der Waals surface area contributed by atoms with Crippen molar-refractivity contribution in [3.05, 3.63) is 0 Å². The summed E-state index contributed by atoms with van der Waals surface area (Å²) in [6.07, 6.45) is 0.558. The van der Waals surface area contributed by atoms with E-state index in [1.54, 1.807) is 11.8 Å². The Morgan fingerprint density at radius 1 is 1.90 bits per heavy atom. The fraction of sp³-hybridized carbons (Fsp3) is 0.833. The molecule has 1 amide bonds. The first-order valence-electron chi connectivity index (χ1n) is 3.20. The molecule has 0 aromatic rings. The SMILES string of the molecule is CC1CSCC1(O)NC=O. The Balaban J connectivity index is 2.56. The van der Waals surface area contributed by atoms with E-state index >= 15 is 0 Å². The summed E-state index contributed by atoms with van der Waals surface area (Å²) in [5, 5.41) is 12.0. The molecule has 1 saturated heterocycles. The maximum Gasteiger partial charge on any atom is 0.209 e. The van der Waals surface area contributed by atoms with Gasteiger partial charge >= 0.3 is 0 Å². The van der Waals surface area contributed by atoms with Gasteiger partial charge in [-0.2, -0.15) is 11.8 Å². The van der Waals surface area contributed by atoms with Gasteiger partial charge in [0.15, 0.2) is 0 Å². The molecular formula is C6H11NO2S. The van der Waals surface area contributed by atoms with E-state index in [4.69, 9.17) is 0 Å². The first-order chi connectivity index (χ1) is 4.69. The fourth-order valence-corrected chi connectivity index (χ4v) is 2.38. The van der Waals surface area contributed by atoms with Crippen LogP contribution in [0.4, 0.5) is 0 Å². The van der Waals surface area contributed by atoms with Crippen molar-refractivity contribution < 1.29 is 9.90 Å². The van der Waals surface area contributed by atoms with E-state index in [0.29, 0.717) is 12.2 Å². The number of nitrogens with one attached hydrogen (secondary N) is 1. The normalized spacial score (nSPS) is 39.6. The fourth-order valence-electron chi connectivity index (χ4n) is 0.957. The third kappa shape index (κ3) is 1.27. The van der Waals surface area contributed by atoms with Gasteiger partial charge < -0.3 is 10.4 Å². The number of hydrogen-bond acceptors (Lipinski definition) is 3. The summed E-state index contributed by atoms with van der Waals surface area (Å²) < 4.78 is 0. The minimum Gasteiger partial charge on any atom is -0.370 e. The zero-order valence-corrected chi connectivity index (χ0v) is 6.65. The highest BCUT2D eigenvalue weighted by molar-refractivity contribution is 7.99. The van der Waals surface area contributed by atoms with Gasteiger partial charge in [-0.05, 0) is 0 Å². The van der Waals surface area contributed by atoms with E-state index in [2.05, 4.69) is 5.32 Å². The van der Waals surface area contributed by atoms with Crippen LogP contribution in [-0.4, -0.2) is 28.7 Å². The van der Waals surface area contributed by atoms with E-state index in [9.17, 15) is 9.90 Å². The predicted octanol–water partition coefficient (Wildman–Crippen LogP) is -0.196. The van der Waals surface area contributed by atoms with E-state index in [0.717, 1.165) is 5.75 Å². The molecule has 3 nitrogen and oxygen atoms in total. The minimum atomic E-state index is -0.952. The molecule has 1 aliphatic heterocycles. The summed E-state index contributed by atoms with van der Waals surface area (Å²) in [7, 11) is 0. The first-order valence-corrected chi connectivity index (χ1v) is 4.36. The second-order valence-corrected chi connectivity index (χ2v) is 3.63. The van der Waals surface area contributed by atoms with Gasteiger partial charge in [-0.25, -0.2) is 0 Å². The maximum atomic E-state index is 10.0. The number of carbonyl (C=O) groups excluding carboxylic acids is 1. The van der Waals surface area contributed by atoms with Crippen LogP contribution in [0.5, 0.6) is 0 Å². The van der Waals surface area contributed by atoms with Crippen molar-refractivity contribution in [3.63, 3.8) is 0 Å². The number of aliphatic hydroxyl groups is 1. The maximum absolute atomic E-state index is 10.0. The van der Waals surface area contributed by atoms with E-state index in [1.165, 1.54) is 0 Å². The second kappa shape index (κ2) is 2.80. The molecule has 0 radical (unpaired) electrons. The van der Waals surface area contributed by atoms with Crippen LogP contribution in [-0.2, 0) is 4.79 Å². The molecule has 2 unspecified atom stereocenters. The lowest BCUT2D eigenvalue weighted by Gasteiger charge is -2.25. The van der Waals surface area contributed by atoms with Crippen molar-refractivity contribution in [2.45, 2.75) is 12.6 Å². The molecule has 0 aliphatic carbocycles. The Hall–Kier alpha value is -0.220. The average molecular weight is 161 g/mol. The molecule has 1 aliphatic rings. The van der Waals surface area contributed by atoms with Crippen LogP contribution in [0.15, 0.2) is 0 Å². The van der Waals surface area contributed by atoms with Crippen LogP contribution in [0.2, 0.25) is 0 Å². The third-order valence-corrected chi connectivity index (χ3v) is 3.19. The second-order valence-electron chi connectivity index (χ2n) is 2.60. The molecule has 2 N–H and O–H groups in total. The highest BCUT2D eigenvalue weighted by atomic mass is 32.2. The van der Waals surface area contributed by atoms with Gasteiger partial charge in [-0.3, -0.25) is 4.79 Å². The highest BCUT2D eigenvalue weighted by Gasteiger charge is 2.38. The molecule has 1 fully saturated rings. The number of amides is 1. The van der Waals surface area contributed by atoms with Gasteiger partial charge in [0.25, 0.3) is 0 Å². The topological polar surface area (TPSA) is 49.3 Å². The van der Waals surface area contributed by atoms with Gasteiger partial charge in [-0.15, -0.1) is 0 Å². The molecule has 1 rings (SSSR count). The Kier molecular flexibility index (Phi) is 2.21. The summed E-state index contributed by atoms with van der Waals surface area (Å²) in [5.74, 6) is 1.67. The summed E-state index contributed by atoms with van der Waals surface area (Å²) in [5.41, 5.74) is -0.952. The summed E-state index contributed by atoms with van der Waals surface area (Å²) in [4.78, 5) is 10.0. The third-order valence-electron chi connectivity index (χ3n) is 1.81. The standard InChI is InChI=1S/C6H11NO2S/c1-5-2-10-3-6(5,9)7-4-8/h4-5,9H,2-3H2,1H3,(H,7,8). The van der Waals surface area contributed by atoms with Crippen LogP contribution in [0, 0.1) is 5.92 Å². The van der Waals surface area contributed by atoms with Gasteiger partial charge in [0, 0.05) is 17.4 Å². The highest BCUT2D eigenvalue weighted by Crippen LogP contribution is 2.30. The number of hydrogen-bond donors (Lipinski definition) is 2. The molecule has 4 heteroatoms. The lowest BCUT2D eigenvalue weighted by atomic mass is 10.0. The van der Waals surface area contributed by atoms with Crippen molar-refractivity contribution in [1.29, 1.82) is 0 Å². The van der Waals surface area contributed by atoms with Gasteiger partial charge in [0.2, 0.25) is 6.41 Å². The Morgan fingerprint density at radius 3 is 3.00 bits per heavy atom. The van der Waals surface area contributed by atoms with Crippen molar-refractivity contribution in [3.8, 4) is 0 Å². The van der Waals surface area contributed by atoms with Crippen molar-refractivity contribution >= 4 is 18.2 Å². The first kappa shape index (κ1) is 7.88. The minimum absolute atomic E-state index is 0.155. The van der Waals surface area contributed by atoms with E-state index < -0.39 is 5.72 Å². The quantitative estimate of drug-likeness (QED) is 0.436. The van der Waals surface area contributed by atoms with Crippen molar-refractivity contribution in [2.24, 2.45) is 5.92 Å². The molecule has 0 spiro atoms. The van der Waals surface area contributed by atoms with Gasteiger partial charge in [0.05, 0.1) is 0 Å². The Bertz CT molecular complexity index is 142. The van der Waals surface area contributed by atoms with Crippen LogP contribution in [0.3, 0.4) is 0 Å². The molecule has 0 saturated carbocycles. The van der Waals surface area contributed by atoms with Crippen molar-refractivity contribution in [1.82, 2.24) is 5.32 Å². The van der Waals surface area contributed by atoms with Crippen LogP contribution >= 0.6 is 11.8 Å². The van der Waals surface area contributed by atoms with Crippen molar-refractivity contribution in [2.75, 3.05) is 11.5 Å². The largest absolute Gasteiger partial charge is 0.370 e. The van der Waals surface area contributed by atoms with Crippen LogP contribution in [0.25, 0.3) is 0 Å². The molecule has 0 bridgehead atoms. The van der Waals surface area contributed by atoms with Crippen LogP contribution in [0.1, 0.15) is 6.92 Å². The molecule has 58 valence electrons. The van der Waals surface area contributed by atoms with Crippen LogP contribution < -0.4 is 5.32 Å². The number of rotatable bonds is 2. The summed E-state index contributed by atoms with van der Waals surface area (Å²) in [6, 6.07) is 0. The van der Waals surface area contributed by atoms with E-state index in [1.807, 2.05) is 6.92 Å². The molecule has 2 atom stereocenters. The molecule has 0 aromatic heterocycles. The molecule has 1 heterocycles. The molecular weight excluding hydrogens is 150 g/mol. The Morgan fingerprint density at radius 2 is 2.60 bits per heavy atom. The number of thioether (sulfide) groups is 1. The monoisotopic (exact) mass is 161 g/mol. The lowest BCUT2D eigenvalue weighted by molar-refractivity contribution is -0.117. The lowest BCUT2D eigenvalue weighted by Crippen LogP contribution is -2.49. The molecule has 10 heavy (non-hydrogen) atoms. The Labute approximate surface area is 64.2 Å². The van der Waals surface area contributed by atoms with E-state index in [-0.39, 0.29) is 5.92 Å². The van der Waals surface area contributed by atoms with Gasteiger partial charge in [-0.1, -0.05) is 6.92 Å². The predicted molar refractivity (Wildman–Crippen MR) is 40.6 cm³/mol. The molecule has 0 aromatic carbocycles. The van der Waals surface area contributed by atoms with Gasteiger partial charge in [0.1, 0.15) is 5.72 Å². The smallest absolute Gasteiger partial charge is 0.209 e. The summed E-state index contributed by atoms with van der Waals surface area (Å²) >= 11 is 1.66. The summed E-state index contributed by atoms with van der Waals surface area (Å²) in [6.45, 7) is 1.93. The zero-order valence-electron chi connectivity index (χ0n) is 5.83.